The van der Waals surface area contributed by atoms with Gasteiger partial charge in [0.25, 0.3) is 0 Å². The molecule has 1 aliphatic rings. The van der Waals surface area contributed by atoms with Crippen molar-refractivity contribution >= 4 is 22.9 Å². The van der Waals surface area contributed by atoms with E-state index in [4.69, 9.17) is 21.1 Å². The summed E-state index contributed by atoms with van der Waals surface area (Å²) in [5.41, 5.74) is 1.79. The molecule has 2 aromatic rings. The first-order chi connectivity index (χ1) is 8.66. The first-order valence-corrected chi connectivity index (χ1v) is 6.73. The molecule has 1 aromatic carbocycles. The summed E-state index contributed by atoms with van der Waals surface area (Å²) in [7, 11) is 0. The summed E-state index contributed by atoms with van der Waals surface area (Å²) in [4.78, 5) is 0.921. The molecular weight excluding hydrogens is 272 g/mol. The molecule has 1 aliphatic heterocycles. The fraction of sp³-hybridized carbons (Fsp3) is 0.231. The highest BCUT2D eigenvalue weighted by atomic mass is 35.5. The van der Waals surface area contributed by atoms with Gasteiger partial charge in [-0.15, -0.1) is 11.3 Å². The predicted octanol–water partition coefficient (Wildman–Crippen LogP) is 3.52. The van der Waals surface area contributed by atoms with Crippen LogP contribution in [0.4, 0.5) is 0 Å². The molecule has 1 N–H and O–H groups in total. The largest absolute Gasteiger partial charge is 0.454 e. The SMILES string of the molecule is Cc1ccsc1C(O)c1cc(Cl)c2c(c1)OCO2. The highest BCUT2D eigenvalue weighted by molar-refractivity contribution is 7.10. The highest BCUT2D eigenvalue weighted by Gasteiger charge is 2.22. The molecule has 0 saturated heterocycles. The van der Waals surface area contributed by atoms with Gasteiger partial charge < -0.3 is 14.6 Å². The maximum atomic E-state index is 10.4. The molecule has 0 spiro atoms. The third-order valence-electron chi connectivity index (χ3n) is 2.92. The van der Waals surface area contributed by atoms with Gasteiger partial charge in [-0.25, -0.2) is 0 Å². The van der Waals surface area contributed by atoms with Crippen molar-refractivity contribution in [3.05, 3.63) is 44.6 Å². The van der Waals surface area contributed by atoms with Gasteiger partial charge in [0.2, 0.25) is 6.79 Å². The minimum atomic E-state index is -0.683. The highest BCUT2D eigenvalue weighted by Crippen LogP contribution is 2.42. The molecule has 94 valence electrons. The molecule has 0 amide bonds. The zero-order chi connectivity index (χ0) is 12.7. The molecule has 3 nitrogen and oxygen atoms in total. The van der Waals surface area contributed by atoms with Crippen LogP contribution in [0.3, 0.4) is 0 Å². The molecule has 1 atom stereocenters. The molecular formula is C13H11ClO3S. The van der Waals surface area contributed by atoms with Crippen LogP contribution in [-0.4, -0.2) is 11.9 Å². The number of thiophene rings is 1. The van der Waals surface area contributed by atoms with Crippen molar-refractivity contribution in [2.75, 3.05) is 6.79 Å². The zero-order valence-corrected chi connectivity index (χ0v) is 11.2. The smallest absolute Gasteiger partial charge is 0.231 e. The van der Waals surface area contributed by atoms with E-state index in [1.165, 1.54) is 11.3 Å². The third kappa shape index (κ3) is 1.86. The number of aryl methyl sites for hydroxylation is 1. The van der Waals surface area contributed by atoms with Crippen molar-refractivity contribution in [2.45, 2.75) is 13.0 Å². The number of hydrogen-bond donors (Lipinski definition) is 1. The lowest BCUT2D eigenvalue weighted by Gasteiger charge is -2.12. The lowest BCUT2D eigenvalue weighted by atomic mass is 10.1. The Morgan fingerprint density at radius 2 is 2.22 bits per heavy atom. The van der Waals surface area contributed by atoms with Gasteiger partial charge in [0.15, 0.2) is 11.5 Å². The Morgan fingerprint density at radius 1 is 1.39 bits per heavy atom. The fourth-order valence-electron chi connectivity index (χ4n) is 1.96. The number of aliphatic hydroxyl groups is 1. The van der Waals surface area contributed by atoms with Gasteiger partial charge in [0, 0.05) is 4.88 Å². The average Bonchev–Trinajstić information content (AvgIpc) is 2.96. The van der Waals surface area contributed by atoms with E-state index in [1.54, 1.807) is 12.1 Å². The predicted molar refractivity (Wildman–Crippen MR) is 70.7 cm³/mol. The fourth-order valence-corrected chi connectivity index (χ4v) is 3.17. The number of ether oxygens (including phenoxy) is 2. The van der Waals surface area contributed by atoms with E-state index < -0.39 is 6.10 Å². The lowest BCUT2D eigenvalue weighted by molar-refractivity contribution is 0.173. The normalized spacial score (nSPS) is 14.8. The molecule has 5 heteroatoms. The number of aliphatic hydroxyl groups excluding tert-OH is 1. The first-order valence-electron chi connectivity index (χ1n) is 5.48. The summed E-state index contributed by atoms with van der Waals surface area (Å²) in [6.07, 6.45) is -0.683. The Hall–Kier alpha value is -1.23. The van der Waals surface area contributed by atoms with Crippen LogP contribution in [0.15, 0.2) is 23.6 Å². The summed E-state index contributed by atoms with van der Waals surface area (Å²) in [5.74, 6) is 1.14. The van der Waals surface area contributed by atoms with Crippen LogP contribution in [0.25, 0.3) is 0 Å². The molecule has 3 rings (SSSR count). The minimum absolute atomic E-state index is 0.173. The van der Waals surface area contributed by atoms with E-state index in [-0.39, 0.29) is 6.79 Å². The average molecular weight is 283 g/mol. The van der Waals surface area contributed by atoms with E-state index in [9.17, 15) is 5.11 Å². The van der Waals surface area contributed by atoms with E-state index in [2.05, 4.69) is 0 Å². The Kier molecular flexibility index (Phi) is 2.93. The second-order valence-corrected chi connectivity index (χ2v) is 5.46. The van der Waals surface area contributed by atoms with Crippen molar-refractivity contribution in [3.8, 4) is 11.5 Å². The van der Waals surface area contributed by atoms with Crippen molar-refractivity contribution in [1.82, 2.24) is 0 Å². The zero-order valence-electron chi connectivity index (χ0n) is 9.64. The van der Waals surface area contributed by atoms with Crippen LogP contribution in [0.2, 0.25) is 5.02 Å². The van der Waals surface area contributed by atoms with Gasteiger partial charge in [-0.2, -0.15) is 0 Å². The number of benzene rings is 1. The third-order valence-corrected chi connectivity index (χ3v) is 4.27. The summed E-state index contributed by atoms with van der Waals surface area (Å²) in [5, 5.41) is 12.8. The number of rotatable bonds is 2. The van der Waals surface area contributed by atoms with Gasteiger partial charge in [-0.05, 0) is 41.6 Å². The Labute approximate surface area is 114 Å². The summed E-state index contributed by atoms with van der Waals surface area (Å²) in [6.45, 7) is 2.15. The molecule has 18 heavy (non-hydrogen) atoms. The van der Waals surface area contributed by atoms with Gasteiger partial charge in [0.05, 0.1) is 5.02 Å². The quantitative estimate of drug-likeness (QED) is 0.916. The van der Waals surface area contributed by atoms with Crippen molar-refractivity contribution in [3.63, 3.8) is 0 Å². The molecule has 2 heterocycles. The topological polar surface area (TPSA) is 38.7 Å². The summed E-state index contributed by atoms with van der Waals surface area (Å²) in [6, 6.07) is 5.48. The van der Waals surface area contributed by atoms with E-state index >= 15 is 0 Å². The van der Waals surface area contributed by atoms with Gasteiger partial charge in [-0.3, -0.25) is 0 Å². The molecule has 0 aliphatic carbocycles. The molecule has 1 aromatic heterocycles. The first kappa shape index (κ1) is 11.8. The lowest BCUT2D eigenvalue weighted by Crippen LogP contribution is -1.99. The minimum Gasteiger partial charge on any atom is -0.454 e. The van der Waals surface area contributed by atoms with Crippen molar-refractivity contribution < 1.29 is 14.6 Å². The van der Waals surface area contributed by atoms with E-state index in [0.717, 1.165) is 16.0 Å². The van der Waals surface area contributed by atoms with E-state index in [1.807, 2.05) is 18.4 Å². The maximum absolute atomic E-state index is 10.4. The maximum Gasteiger partial charge on any atom is 0.231 e. The van der Waals surface area contributed by atoms with Crippen molar-refractivity contribution in [2.24, 2.45) is 0 Å². The van der Waals surface area contributed by atoms with Crippen LogP contribution in [0, 0.1) is 6.92 Å². The van der Waals surface area contributed by atoms with Crippen LogP contribution in [0.5, 0.6) is 11.5 Å². The monoisotopic (exact) mass is 282 g/mol. The Balaban J connectivity index is 2.03. The summed E-state index contributed by atoms with van der Waals surface area (Å²) >= 11 is 7.63. The van der Waals surface area contributed by atoms with Gasteiger partial charge >= 0.3 is 0 Å². The Bertz CT molecular complexity index is 594. The molecule has 0 bridgehead atoms. The van der Waals surface area contributed by atoms with Crippen LogP contribution in [0.1, 0.15) is 22.1 Å². The number of halogens is 1. The van der Waals surface area contributed by atoms with Crippen LogP contribution >= 0.6 is 22.9 Å². The number of hydrogen-bond acceptors (Lipinski definition) is 4. The molecule has 0 radical (unpaired) electrons. The standard InChI is InChI=1S/C13H11ClO3S/c1-7-2-3-18-13(7)11(15)8-4-9(14)12-10(5-8)16-6-17-12/h2-5,11,15H,6H2,1H3. The summed E-state index contributed by atoms with van der Waals surface area (Å²) < 4.78 is 10.5. The second kappa shape index (κ2) is 4.46. The van der Waals surface area contributed by atoms with E-state index in [0.29, 0.717) is 16.5 Å². The van der Waals surface area contributed by atoms with Crippen molar-refractivity contribution in [1.29, 1.82) is 0 Å². The molecule has 0 fully saturated rings. The molecule has 1 unspecified atom stereocenters. The molecule has 0 saturated carbocycles. The number of fused-ring (bicyclic) bond motifs is 1. The van der Waals surface area contributed by atoms with Crippen LogP contribution in [-0.2, 0) is 0 Å². The van der Waals surface area contributed by atoms with Gasteiger partial charge in [-0.1, -0.05) is 11.6 Å². The second-order valence-electron chi connectivity index (χ2n) is 4.11. The van der Waals surface area contributed by atoms with Crippen LogP contribution < -0.4 is 9.47 Å². The Morgan fingerprint density at radius 3 is 2.94 bits per heavy atom. The van der Waals surface area contributed by atoms with Gasteiger partial charge in [0.1, 0.15) is 6.10 Å².